The topological polar surface area (TPSA) is 140 Å². The van der Waals surface area contributed by atoms with Gasteiger partial charge in [-0.2, -0.15) is 0 Å². The highest BCUT2D eigenvalue weighted by molar-refractivity contribution is 7.10. The van der Waals surface area contributed by atoms with Gasteiger partial charge in [-0.1, -0.05) is 19.9 Å². The normalized spacial score (nSPS) is 19.8. The fraction of sp³-hybridized carbons (Fsp3) is 0.513. The van der Waals surface area contributed by atoms with Crippen LogP contribution in [-0.4, -0.2) is 102 Å². The molecule has 14 heteroatoms. The molecule has 3 amide bonds. The molecule has 0 spiro atoms. The van der Waals surface area contributed by atoms with Gasteiger partial charge in [-0.15, -0.1) is 11.3 Å². The lowest BCUT2D eigenvalue weighted by Crippen LogP contribution is -2.61. The van der Waals surface area contributed by atoms with Crippen molar-refractivity contribution in [3.8, 4) is 22.5 Å². The van der Waals surface area contributed by atoms with Crippen molar-refractivity contribution in [2.45, 2.75) is 78.1 Å². The van der Waals surface area contributed by atoms with Crippen LogP contribution in [0.2, 0.25) is 0 Å². The van der Waals surface area contributed by atoms with Crippen LogP contribution in [0.4, 0.5) is 4.79 Å². The molecule has 0 unspecified atom stereocenters. The molecule has 6 rings (SSSR count). The van der Waals surface area contributed by atoms with E-state index in [1.807, 2.05) is 18.4 Å². The Bertz CT molecular complexity index is 1960. The Morgan fingerprint density at radius 3 is 2.81 bits per heavy atom. The average Bonchev–Trinajstić information content (AvgIpc) is 3.76. The van der Waals surface area contributed by atoms with Crippen molar-refractivity contribution >= 4 is 40.1 Å². The number of hydrogen-bond acceptors (Lipinski definition) is 10. The Morgan fingerprint density at radius 1 is 1.25 bits per heavy atom. The molecule has 1 aromatic carbocycles. The molecule has 1 saturated heterocycles. The lowest BCUT2D eigenvalue weighted by atomic mass is 9.84. The Kier molecular flexibility index (Phi) is 11.8. The number of carbonyl (C=O) groups is 3. The number of aromatic nitrogens is 3. The third kappa shape index (κ3) is 8.25. The number of esters is 1. The number of amides is 3. The van der Waals surface area contributed by atoms with Crippen molar-refractivity contribution in [3.63, 3.8) is 0 Å². The third-order valence-corrected chi connectivity index (χ3v) is 11.0. The van der Waals surface area contributed by atoms with Crippen LogP contribution in [0.3, 0.4) is 0 Å². The van der Waals surface area contributed by atoms with E-state index in [4.69, 9.17) is 24.2 Å². The first-order valence-electron chi connectivity index (χ1n) is 18.3. The zero-order valence-corrected chi connectivity index (χ0v) is 32.5. The van der Waals surface area contributed by atoms with Crippen molar-refractivity contribution in [2.24, 2.45) is 5.41 Å². The summed E-state index contributed by atoms with van der Waals surface area (Å²) in [4.78, 5) is 52.2. The second-order valence-electron chi connectivity index (χ2n) is 14.6. The van der Waals surface area contributed by atoms with Crippen LogP contribution in [0, 0.1) is 5.41 Å². The number of cyclic esters (lactones) is 1. The second kappa shape index (κ2) is 16.3. The van der Waals surface area contributed by atoms with E-state index in [9.17, 15) is 14.4 Å². The zero-order valence-electron chi connectivity index (χ0n) is 31.7. The smallest absolute Gasteiger partial charge is 0.324 e. The molecule has 3 aromatic heterocycles. The van der Waals surface area contributed by atoms with Crippen LogP contribution in [0.5, 0.6) is 0 Å². The summed E-state index contributed by atoms with van der Waals surface area (Å²) in [6.07, 6.45) is 3.49. The van der Waals surface area contributed by atoms with Gasteiger partial charge in [-0.3, -0.25) is 19.6 Å². The Labute approximate surface area is 315 Å². The highest BCUT2D eigenvalue weighted by Gasteiger charge is 2.36. The molecule has 2 aliphatic heterocycles. The zero-order chi connectivity index (χ0) is 37.9. The van der Waals surface area contributed by atoms with Gasteiger partial charge in [0, 0.05) is 86.3 Å². The van der Waals surface area contributed by atoms with Crippen LogP contribution in [0.15, 0.2) is 41.9 Å². The van der Waals surface area contributed by atoms with Crippen LogP contribution in [0.1, 0.15) is 62.9 Å². The van der Waals surface area contributed by atoms with Gasteiger partial charge >= 0.3 is 12.0 Å². The van der Waals surface area contributed by atoms with Gasteiger partial charge in [0.05, 0.1) is 41.4 Å². The van der Waals surface area contributed by atoms with Crippen molar-refractivity contribution in [3.05, 3.63) is 58.2 Å². The number of urea groups is 1. The molecule has 13 nitrogen and oxygen atoms in total. The molecule has 0 aliphatic carbocycles. The first kappa shape index (κ1) is 38.4. The Morgan fingerprint density at radius 2 is 2.06 bits per heavy atom. The minimum absolute atomic E-state index is 0.173. The molecule has 5 heterocycles. The lowest BCUT2D eigenvalue weighted by Gasteiger charge is -2.35. The summed E-state index contributed by atoms with van der Waals surface area (Å²) in [5.74, 6) is -0.755. The van der Waals surface area contributed by atoms with Crippen LogP contribution >= 0.6 is 11.3 Å². The molecule has 284 valence electrons. The highest BCUT2D eigenvalue weighted by Crippen LogP contribution is 2.42. The number of aryl methyl sites for hydroxylation is 1. The maximum absolute atomic E-state index is 14.1. The molecule has 3 atom stereocenters. The minimum atomic E-state index is -0.926. The molecule has 0 saturated carbocycles. The highest BCUT2D eigenvalue weighted by atomic mass is 32.1. The van der Waals surface area contributed by atoms with Crippen LogP contribution in [0.25, 0.3) is 33.4 Å². The molecule has 4 aromatic rings. The van der Waals surface area contributed by atoms with Crippen molar-refractivity contribution < 1.29 is 28.6 Å². The number of pyridine rings is 1. The maximum Gasteiger partial charge on any atom is 0.324 e. The van der Waals surface area contributed by atoms with E-state index >= 15 is 0 Å². The number of carbonyl (C=O) groups excluding carboxylic acids is 3. The van der Waals surface area contributed by atoms with E-state index in [2.05, 4.69) is 60.3 Å². The predicted octanol–water partition coefficient (Wildman–Crippen LogP) is 5.37. The van der Waals surface area contributed by atoms with Gasteiger partial charge in [0.15, 0.2) is 0 Å². The Balaban J connectivity index is 1.48. The summed E-state index contributed by atoms with van der Waals surface area (Å²) < 4.78 is 19.3. The Hall–Kier alpha value is -4.37. The summed E-state index contributed by atoms with van der Waals surface area (Å²) in [5, 5.41) is 8.16. The van der Waals surface area contributed by atoms with E-state index in [0.717, 1.165) is 51.2 Å². The minimum Gasteiger partial charge on any atom is -0.464 e. The molecule has 0 radical (unpaired) electrons. The number of hydrogen-bond donors (Lipinski definition) is 2. The van der Waals surface area contributed by atoms with Crippen molar-refractivity contribution in [1.82, 2.24) is 35.2 Å². The number of fused-ring (bicyclic) bond motifs is 6. The number of thiazole rings is 1. The maximum atomic E-state index is 14.1. The summed E-state index contributed by atoms with van der Waals surface area (Å²) in [5.41, 5.74) is 9.52. The van der Waals surface area contributed by atoms with Gasteiger partial charge in [-0.25, -0.2) is 15.2 Å². The fourth-order valence-corrected chi connectivity index (χ4v) is 8.00. The summed E-state index contributed by atoms with van der Waals surface area (Å²) >= 11 is 1.45. The van der Waals surface area contributed by atoms with Gasteiger partial charge in [-0.05, 0) is 62.9 Å². The van der Waals surface area contributed by atoms with E-state index < -0.39 is 29.5 Å². The SMILES string of the molecule is CCn1c(-c2cccnc2[C@H](C)OC)c2c3cc(ccc31)-c1csc(n1)C[C@H](NC(=O)N(C)CCOC)C(=O)N1CCC[C@H](N1)C(=O)OCC(C)(C)C2. The van der Waals surface area contributed by atoms with E-state index in [-0.39, 0.29) is 25.0 Å². The van der Waals surface area contributed by atoms with Gasteiger partial charge in [0.1, 0.15) is 12.1 Å². The largest absolute Gasteiger partial charge is 0.464 e. The molecule has 1 fully saturated rings. The lowest BCUT2D eigenvalue weighted by molar-refractivity contribution is -0.155. The number of rotatable bonds is 8. The molecule has 2 N–H and O–H groups in total. The standard InChI is InChI=1S/C39H51N7O6S/c1-8-45-32-14-13-25-19-27(32)28(35(45)26-11-9-15-40-34(26)24(2)51-7)21-39(3,4)23-52-37(48)29-12-10-16-46(43-29)36(47)30(20-33-41-31(25)22-53-33)42-38(49)44(5)17-18-50-6/h9,11,13-15,19,22,24,29-30,43H,8,10,12,16-18,20-21,23H2,1-7H3,(H,42,49)/t24-,29-,30-/m0/s1. The number of ether oxygens (including phenoxy) is 3. The molecule has 2 aliphatic rings. The number of hydrazine groups is 1. The van der Waals surface area contributed by atoms with E-state index in [0.29, 0.717) is 44.0 Å². The van der Waals surface area contributed by atoms with Crippen LogP contribution < -0.4 is 10.7 Å². The third-order valence-electron chi connectivity index (χ3n) is 10.1. The molecular weight excluding hydrogens is 695 g/mol. The van der Waals surface area contributed by atoms with Crippen molar-refractivity contribution in [2.75, 3.05) is 47.6 Å². The molecule has 6 bridgehead atoms. The van der Waals surface area contributed by atoms with Gasteiger partial charge in [0.2, 0.25) is 0 Å². The number of benzene rings is 1. The average molecular weight is 746 g/mol. The van der Waals surface area contributed by atoms with E-state index in [1.165, 1.54) is 21.2 Å². The molecule has 53 heavy (non-hydrogen) atoms. The second-order valence-corrected chi connectivity index (χ2v) is 15.6. The number of nitrogens with one attached hydrogen (secondary N) is 2. The van der Waals surface area contributed by atoms with Gasteiger partial charge < -0.3 is 29.0 Å². The summed E-state index contributed by atoms with van der Waals surface area (Å²) in [6, 6.07) is 8.45. The quantitative estimate of drug-likeness (QED) is 0.228. The van der Waals surface area contributed by atoms with Crippen LogP contribution in [-0.2, 0) is 43.2 Å². The summed E-state index contributed by atoms with van der Waals surface area (Å²) in [6.45, 7) is 10.4. The van der Waals surface area contributed by atoms with Gasteiger partial charge in [0.25, 0.3) is 5.91 Å². The van der Waals surface area contributed by atoms with Crippen molar-refractivity contribution in [1.29, 1.82) is 0 Å². The monoisotopic (exact) mass is 745 g/mol. The van der Waals surface area contributed by atoms with E-state index in [1.54, 1.807) is 27.5 Å². The molecular formula is C39H51N7O6S. The first-order valence-corrected chi connectivity index (χ1v) is 19.1. The predicted molar refractivity (Wildman–Crippen MR) is 204 cm³/mol. The fourth-order valence-electron chi connectivity index (χ4n) is 7.15. The number of methoxy groups -OCH3 is 2. The number of nitrogens with zero attached hydrogens (tertiary/aromatic N) is 5. The summed E-state index contributed by atoms with van der Waals surface area (Å²) in [7, 11) is 4.92. The first-order chi connectivity index (χ1) is 25.4. The number of likely N-dealkylation sites (N-methyl/N-ethyl adjacent to an activating group) is 1.